The number of amides is 1. The van der Waals surface area contributed by atoms with Crippen LogP contribution in [0.15, 0.2) is 72.8 Å². The number of carbonyl (C=O) groups is 3. The van der Waals surface area contributed by atoms with Gasteiger partial charge in [0.1, 0.15) is 0 Å². The number of halogens is 4. The average Bonchev–Trinajstić information content (AvgIpc) is 3.43. The highest BCUT2D eigenvalue weighted by atomic mass is 35.5. The van der Waals surface area contributed by atoms with Gasteiger partial charge >= 0.3 is 11.9 Å². The Balaban J connectivity index is 0.000000634. The molecule has 1 aliphatic heterocycles. The van der Waals surface area contributed by atoms with Crippen molar-refractivity contribution in [2.75, 3.05) is 19.7 Å². The summed E-state index contributed by atoms with van der Waals surface area (Å²) in [6, 6.07) is 23.7. The van der Waals surface area contributed by atoms with Crippen LogP contribution in [-0.4, -0.2) is 42.6 Å². The molecular formula is C33H39Cl4N3O5. The molecule has 1 aliphatic rings. The summed E-state index contributed by atoms with van der Waals surface area (Å²) >= 11 is 17.2. The molecule has 3 atom stereocenters. The predicted octanol–water partition coefficient (Wildman–Crippen LogP) is 7.76. The van der Waals surface area contributed by atoms with Gasteiger partial charge in [0.05, 0.1) is 31.4 Å². The molecule has 12 heteroatoms. The number of ether oxygens (including phenoxy) is 1. The lowest BCUT2D eigenvalue weighted by Gasteiger charge is -2.12. The van der Waals surface area contributed by atoms with Gasteiger partial charge in [0.15, 0.2) is 0 Å². The minimum Gasteiger partial charge on any atom is -0.481 e. The lowest BCUT2D eigenvalue weighted by Crippen LogP contribution is -2.16. The van der Waals surface area contributed by atoms with E-state index in [0.717, 1.165) is 22.7 Å². The Hall–Kier alpha value is -3.32. The highest BCUT2D eigenvalue weighted by Crippen LogP contribution is 2.24. The first kappa shape index (κ1) is 41.7. The number of benzene rings is 3. The zero-order chi connectivity index (χ0) is 31.8. The molecule has 3 unspecified atom stereocenters. The molecule has 1 amide bonds. The Labute approximate surface area is 286 Å². The molecule has 3 aromatic rings. The van der Waals surface area contributed by atoms with Crippen LogP contribution >= 0.6 is 47.2 Å². The summed E-state index contributed by atoms with van der Waals surface area (Å²) in [5.74, 6) is -1.34. The summed E-state index contributed by atoms with van der Waals surface area (Å²) in [6.45, 7) is 3.15. The van der Waals surface area contributed by atoms with E-state index < -0.39 is 11.9 Å². The van der Waals surface area contributed by atoms with Crippen molar-refractivity contribution in [3.8, 4) is 6.07 Å². The monoisotopic (exact) mass is 697 g/mol. The first-order valence-corrected chi connectivity index (χ1v) is 14.7. The summed E-state index contributed by atoms with van der Waals surface area (Å²) < 4.78 is 4.80. The summed E-state index contributed by atoms with van der Waals surface area (Å²) in [5.41, 5.74) is 8.37. The number of esters is 1. The van der Waals surface area contributed by atoms with Crippen LogP contribution in [0.4, 0.5) is 0 Å². The maximum atomic E-state index is 11.3. The van der Waals surface area contributed by atoms with Crippen LogP contribution in [0.3, 0.4) is 0 Å². The summed E-state index contributed by atoms with van der Waals surface area (Å²) in [4.78, 5) is 32.7. The van der Waals surface area contributed by atoms with Gasteiger partial charge in [-0.05, 0) is 66.6 Å². The van der Waals surface area contributed by atoms with Crippen molar-refractivity contribution in [1.82, 2.24) is 5.32 Å². The van der Waals surface area contributed by atoms with Crippen molar-refractivity contribution in [3.05, 3.63) is 105 Å². The largest absolute Gasteiger partial charge is 0.481 e. The fourth-order valence-electron chi connectivity index (χ4n) is 4.18. The fourth-order valence-corrected chi connectivity index (χ4v) is 4.56. The van der Waals surface area contributed by atoms with E-state index in [0.29, 0.717) is 35.5 Å². The summed E-state index contributed by atoms with van der Waals surface area (Å²) in [5, 5.41) is 22.4. The number of carboxylic acids is 1. The molecule has 3 aromatic carbocycles. The third-order valence-corrected chi connectivity index (χ3v) is 7.23. The SMILES string of the molecule is C.CCOC(=O)CC(C#N)c1ccc(Cl)cc1.Cl.NCC(CC(=O)O)c1ccc(Cl)cc1.O=C1CC(c2ccc(Cl)cc2)CN1. The van der Waals surface area contributed by atoms with Gasteiger partial charge in [-0.3, -0.25) is 14.4 Å². The Bertz CT molecular complexity index is 1370. The van der Waals surface area contributed by atoms with Crippen LogP contribution in [0.2, 0.25) is 15.1 Å². The number of nitrogens with two attached hydrogens (primary N) is 1. The van der Waals surface area contributed by atoms with Crippen molar-refractivity contribution in [2.24, 2.45) is 5.73 Å². The molecular weight excluding hydrogens is 660 g/mol. The molecule has 0 bridgehead atoms. The number of nitriles is 1. The van der Waals surface area contributed by atoms with Gasteiger partial charge < -0.3 is 20.9 Å². The molecule has 0 saturated carbocycles. The summed E-state index contributed by atoms with van der Waals surface area (Å²) in [7, 11) is 0. The van der Waals surface area contributed by atoms with Gasteiger partial charge in [-0.25, -0.2) is 0 Å². The second-order valence-corrected chi connectivity index (χ2v) is 10.9. The number of nitrogens with one attached hydrogen (secondary N) is 1. The summed E-state index contributed by atoms with van der Waals surface area (Å²) in [6.07, 6.45) is 0.728. The third-order valence-electron chi connectivity index (χ3n) is 6.47. The number of aliphatic carboxylic acids is 1. The minimum absolute atomic E-state index is 0. The van der Waals surface area contributed by atoms with Crippen LogP contribution in [0.1, 0.15) is 68.1 Å². The zero-order valence-corrected chi connectivity index (χ0v) is 27.1. The molecule has 0 spiro atoms. The van der Waals surface area contributed by atoms with Gasteiger partial charge in [0, 0.05) is 39.9 Å². The van der Waals surface area contributed by atoms with Gasteiger partial charge in [0.25, 0.3) is 0 Å². The second-order valence-electron chi connectivity index (χ2n) is 9.58. The van der Waals surface area contributed by atoms with Crippen molar-refractivity contribution in [1.29, 1.82) is 5.26 Å². The number of hydrogen-bond donors (Lipinski definition) is 3. The average molecular weight is 700 g/mol. The first-order chi connectivity index (χ1) is 20.6. The molecule has 1 fully saturated rings. The zero-order valence-electron chi connectivity index (χ0n) is 24.0. The van der Waals surface area contributed by atoms with E-state index in [9.17, 15) is 14.4 Å². The van der Waals surface area contributed by atoms with E-state index in [1.165, 1.54) is 5.56 Å². The van der Waals surface area contributed by atoms with Gasteiger partial charge in [-0.15, -0.1) is 12.4 Å². The van der Waals surface area contributed by atoms with Crippen molar-refractivity contribution in [2.45, 2.75) is 51.4 Å². The highest BCUT2D eigenvalue weighted by molar-refractivity contribution is 6.31. The van der Waals surface area contributed by atoms with Crippen LogP contribution in [0.25, 0.3) is 0 Å². The second kappa shape index (κ2) is 22.2. The molecule has 4 N–H and O–H groups in total. The van der Waals surface area contributed by atoms with Crippen LogP contribution in [0.5, 0.6) is 0 Å². The van der Waals surface area contributed by atoms with Crippen LogP contribution < -0.4 is 11.1 Å². The Kier molecular flexibility index (Phi) is 20.6. The number of hydrogen-bond acceptors (Lipinski definition) is 6. The van der Waals surface area contributed by atoms with Crippen molar-refractivity contribution >= 4 is 65.1 Å². The van der Waals surface area contributed by atoms with E-state index in [1.807, 2.05) is 36.4 Å². The predicted molar refractivity (Wildman–Crippen MR) is 182 cm³/mol. The number of carboxylic acid groups (broad SMARTS) is 1. The van der Waals surface area contributed by atoms with Gasteiger partial charge in [-0.2, -0.15) is 5.26 Å². The Morgan fingerprint density at radius 1 is 0.956 bits per heavy atom. The van der Waals surface area contributed by atoms with E-state index in [2.05, 4.69) is 11.4 Å². The maximum Gasteiger partial charge on any atom is 0.307 e. The topological polar surface area (TPSA) is 143 Å². The molecule has 1 heterocycles. The van der Waals surface area contributed by atoms with E-state index in [1.54, 1.807) is 43.3 Å². The van der Waals surface area contributed by atoms with Crippen molar-refractivity contribution in [3.63, 3.8) is 0 Å². The molecule has 4 rings (SSSR count). The number of rotatable bonds is 9. The normalized spacial score (nSPS) is 14.2. The molecule has 0 radical (unpaired) electrons. The number of nitrogens with zero attached hydrogens (tertiary/aromatic N) is 1. The molecule has 0 aromatic heterocycles. The number of carbonyl (C=O) groups excluding carboxylic acids is 2. The highest BCUT2D eigenvalue weighted by Gasteiger charge is 2.22. The lowest BCUT2D eigenvalue weighted by atomic mass is 9.96. The van der Waals surface area contributed by atoms with E-state index in [-0.39, 0.29) is 50.5 Å². The van der Waals surface area contributed by atoms with E-state index in [4.69, 9.17) is 55.6 Å². The van der Waals surface area contributed by atoms with Crippen molar-refractivity contribution < 1.29 is 24.2 Å². The lowest BCUT2D eigenvalue weighted by molar-refractivity contribution is -0.143. The van der Waals surface area contributed by atoms with Gasteiger partial charge in [0.2, 0.25) is 5.91 Å². The molecule has 1 saturated heterocycles. The van der Waals surface area contributed by atoms with E-state index >= 15 is 0 Å². The van der Waals surface area contributed by atoms with Crippen LogP contribution in [0, 0.1) is 11.3 Å². The Morgan fingerprint density at radius 2 is 1.44 bits per heavy atom. The smallest absolute Gasteiger partial charge is 0.307 e. The van der Waals surface area contributed by atoms with Crippen LogP contribution in [-0.2, 0) is 19.1 Å². The first-order valence-electron chi connectivity index (χ1n) is 13.6. The fraction of sp³-hybridized carbons (Fsp3) is 0.333. The molecule has 45 heavy (non-hydrogen) atoms. The third kappa shape index (κ3) is 15.5. The molecule has 244 valence electrons. The molecule has 0 aliphatic carbocycles. The minimum atomic E-state index is -0.838. The standard InChI is InChI=1S/C12H12ClNO2.C10H12ClNO2.C10H10ClNO.CH4.ClH/c1-2-16-12(15)7-10(8-14)9-3-5-11(13)6-4-9;11-9-3-1-7(2-4-9)8(6-12)5-10(13)14;11-9-3-1-7(2-4-9)8-5-10(13)12-6-8;;/h3-6,10H,2,7H2,1H3;1-4,8H,5-6,12H2,(H,13,14);1-4,8H,5-6H2,(H,12,13);1H4;1H. The quantitative estimate of drug-likeness (QED) is 0.194. The van der Waals surface area contributed by atoms with Gasteiger partial charge in [-0.1, -0.05) is 78.6 Å². The Morgan fingerprint density at radius 3 is 1.84 bits per heavy atom. The molecule has 8 nitrogen and oxygen atoms in total. The maximum absolute atomic E-state index is 11.3.